The van der Waals surface area contributed by atoms with E-state index in [-0.39, 0.29) is 42.0 Å². The number of carbonyl (C=O) groups excluding carboxylic acids is 4. The second kappa shape index (κ2) is 10.8. The molecule has 2 aliphatic rings. The highest BCUT2D eigenvalue weighted by Crippen LogP contribution is 2.34. The minimum absolute atomic E-state index is 0.00831. The number of anilines is 1. The number of thiophene rings is 1. The van der Waals surface area contributed by atoms with Gasteiger partial charge in [0.1, 0.15) is 12.1 Å². The average Bonchev–Trinajstić information content (AvgIpc) is 3.62. The maximum absolute atomic E-state index is 13.8. The summed E-state index contributed by atoms with van der Waals surface area (Å²) < 4.78 is 1.02. The van der Waals surface area contributed by atoms with Crippen molar-refractivity contribution < 1.29 is 19.2 Å². The second-order valence-corrected chi connectivity index (χ2v) is 12.1. The molecular formula is C30H34N4O4S. The molecule has 2 aromatic carbocycles. The maximum Gasteiger partial charge on any atom is 0.264 e. The van der Waals surface area contributed by atoms with Crippen LogP contribution in [-0.4, -0.2) is 78.6 Å². The normalized spacial score (nSPS) is 19.5. The zero-order chi connectivity index (χ0) is 27.8. The highest BCUT2D eigenvalue weighted by Gasteiger charge is 2.52. The summed E-state index contributed by atoms with van der Waals surface area (Å²) in [4.78, 5) is 59.3. The average molecular weight is 547 g/mol. The SMILES string of the molecule is CC(C)C[C@H](NC(=O)c1ccc(N(C)C)cc1)C(=O)N1CCC2C1C(=O)CN2C(=O)c1cc2ccccc2s1. The molecule has 1 N–H and O–H groups in total. The fourth-order valence-electron chi connectivity index (χ4n) is 5.61. The Hall–Kier alpha value is -3.72. The Kier molecular flexibility index (Phi) is 7.44. The number of amides is 3. The number of nitrogens with zero attached hydrogens (tertiary/aromatic N) is 3. The molecule has 9 heteroatoms. The summed E-state index contributed by atoms with van der Waals surface area (Å²) in [6.07, 6.45) is 0.986. The van der Waals surface area contributed by atoms with Gasteiger partial charge in [-0.05, 0) is 60.5 Å². The van der Waals surface area contributed by atoms with Crippen LogP contribution in [0, 0.1) is 5.92 Å². The molecule has 5 rings (SSSR count). The summed E-state index contributed by atoms with van der Waals surface area (Å²) in [6, 6.07) is 15.1. The van der Waals surface area contributed by atoms with Crippen molar-refractivity contribution in [3.63, 3.8) is 0 Å². The number of benzene rings is 2. The first-order valence-corrected chi connectivity index (χ1v) is 14.2. The minimum atomic E-state index is -0.759. The number of Topliss-reactive ketones (excluding diaryl/α,β-unsaturated/α-hetero) is 1. The summed E-state index contributed by atoms with van der Waals surface area (Å²) in [7, 11) is 3.86. The molecule has 2 aliphatic heterocycles. The van der Waals surface area contributed by atoms with Crippen molar-refractivity contribution in [3.8, 4) is 0 Å². The molecule has 0 saturated carbocycles. The van der Waals surface area contributed by atoms with E-state index < -0.39 is 12.1 Å². The number of hydrogen-bond donors (Lipinski definition) is 1. The largest absolute Gasteiger partial charge is 0.378 e. The zero-order valence-electron chi connectivity index (χ0n) is 22.7. The van der Waals surface area contributed by atoms with Gasteiger partial charge < -0.3 is 20.0 Å². The van der Waals surface area contributed by atoms with Crippen LogP contribution in [0.5, 0.6) is 0 Å². The van der Waals surface area contributed by atoms with Crippen molar-refractivity contribution in [1.82, 2.24) is 15.1 Å². The third-order valence-electron chi connectivity index (χ3n) is 7.56. The number of ketones is 1. The number of hydrogen-bond acceptors (Lipinski definition) is 6. The fourth-order valence-corrected chi connectivity index (χ4v) is 6.63. The number of nitrogens with one attached hydrogen (secondary N) is 1. The lowest BCUT2D eigenvalue weighted by molar-refractivity contribution is -0.138. The van der Waals surface area contributed by atoms with Gasteiger partial charge >= 0.3 is 0 Å². The van der Waals surface area contributed by atoms with Crippen LogP contribution >= 0.6 is 11.3 Å². The molecule has 0 aliphatic carbocycles. The van der Waals surface area contributed by atoms with E-state index >= 15 is 0 Å². The van der Waals surface area contributed by atoms with Crippen LogP contribution in [0.3, 0.4) is 0 Å². The highest BCUT2D eigenvalue weighted by molar-refractivity contribution is 7.20. The second-order valence-electron chi connectivity index (χ2n) is 11.0. The van der Waals surface area contributed by atoms with E-state index in [4.69, 9.17) is 0 Å². The molecule has 1 aromatic heterocycles. The predicted octanol–water partition coefficient (Wildman–Crippen LogP) is 3.81. The molecule has 204 valence electrons. The smallest absolute Gasteiger partial charge is 0.264 e. The molecule has 3 heterocycles. The summed E-state index contributed by atoms with van der Waals surface area (Å²) in [5.74, 6) is -0.735. The Morgan fingerprint density at radius 2 is 1.77 bits per heavy atom. The van der Waals surface area contributed by atoms with Crippen molar-refractivity contribution in [2.75, 3.05) is 32.1 Å². The number of fused-ring (bicyclic) bond motifs is 2. The van der Waals surface area contributed by atoms with Gasteiger partial charge in [0.25, 0.3) is 11.8 Å². The van der Waals surface area contributed by atoms with Gasteiger partial charge in [0.15, 0.2) is 5.78 Å². The van der Waals surface area contributed by atoms with E-state index in [9.17, 15) is 19.2 Å². The Morgan fingerprint density at radius 1 is 1.05 bits per heavy atom. The van der Waals surface area contributed by atoms with Gasteiger partial charge in [-0.15, -0.1) is 11.3 Å². The Morgan fingerprint density at radius 3 is 2.44 bits per heavy atom. The molecule has 8 nitrogen and oxygen atoms in total. The molecule has 2 unspecified atom stereocenters. The summed E-state index contributed by atoms with van der Waals surface area (Å²) in [5, 5.41) is 3.93. The van der Waals surface area contributed by atoms with E-state index in [0.717, 1.165) is 15.8 Å². The van der Waals surface area contributed by atoms with Crippen LogP contribution in [0.25, 0.3) is 10.1 Å². The molecule has 3 aromatic rings. The lowest BCUT2D eigenvalue weighted by Gasteiger charge is -2.29. The zero-order valence-corrected chi connectivity index (χ0v) is 23.5. The van der Waals surface area contributed by atoms with Gasteiger partial charge in [-0.25, -0.2) is 0 Å². The topological polar surface area (TPSA) is 90.0 Å². The first-order valence-electron chi connectivity index (χ1n) is 13.3. The van der Waals surface area contributed by atoms with Gasteiger partial charge in [-0.3, -0.25) is 19.2 Å². The lowest BCUT2D eigenvalue weighted by Crippen LogP contribution is -2.53. The highest BCUT2D eigenvalue weighted by atomic mass is 32.1. The van der Waals surface area contributed by atoms with Crippen molar-refractivity contribution in [3.05, 3.63) is 65.0 Å². The van der Waals surface area contributed by atoms with Crippen molar-refractivity contribution >= 4 is 50.6 Å². The van der Waals surface area contributed by atoms with E-state index in [0.29, 0.717) is 29.8 Å². The molecule has 0 bridgehead atoms. The van der Waals surface area contributed by atoms with Crippen LogP contribution in [-0.2, 0) is 9.59 Å². The molecule has 2 fully saturated rings. The summed E-state index contributed by atoms with van der Waals surface area (Å²) >= 11 is 1.42. The molecule has 0 radical (unpaired) electrons. The van der Waals surface area contributed by atoms with E-state index in [1.165, 1.54) is 11.3 Å². The Labute approximate surface area is 232 Å². The fraction of sp³-hybridized carbons (Fsp3) is 0.400. The van der Waals surface area contributed by atoms with Crippen molar-refractivity contribution in [1.29, 1.82) is 0 Å². The molecule has 3 atom stereocenters. The first kappa shape index (κ1) is 26.9. The molecule has 39 heavy (non-hydrogen) atoms. The number of rotatable bonds is 7. The quantitative estimate of drug-likeness (QED) is 0.487. The Balaban J connectivity index is 1.32. The standard InChI is InChI=1S/C30H34N4O4S/c1-18(2)15-22(31-28(36)19-9-11-21(12-10-19)32(3)4)29(37)33-14-13-23-27(33)24(35)17-34(23)30(38)26-16-20-7-5-6-8-25(20)39-26/h5-12,16,18,22-23,27H,13-15,17H2,1-4H3,(H,31,36)/t22-,23?,27?/m0/s1. The third-order valence-corrected chi connectivity index (χ3v) is 8.66. The molecular weight excluding hydrogens is 512 g/mol. The number of likely N-dealkylation sites (tertiary alicyclic amines) is 2. The van der Waals surface area contributed by atoms with Gasteiger partial charge in [0.2, 0.25) is 5.91 Å². The van der Waals surface area contributed by atoms with Crippen LogP contribution in [0.1, 0.15) is 46.7 Å². The minimum Gasteiger partial charge on any atom is -0.378 e. The van der Waals surface area contributed by atoms with Gasteiger partial charge in [-0.1, -0.05) is 32.0 Å². The first-order chi connectivity index (χ1) is 18.6. The summed E-state index contributed by atoms with van der Waals surface area (Å²) in [5.41, 5.74) is 1.44. The van der Waals surface area contributed by atoms with E-state index in [1.54, 1.807) is 21.9 Å². The third kappa shape index (κ3) is 5.28. The van der Waals surface area contributed by atoms with Crippen LogP contribution < -0.4 is 10.2 Å². The number of carbonyl (C=O) groups is 4. The van der Waals surface area contributed by atoms with Gasteiger partial charge in [0, 0.05) is 36.6 Å². The van der Waals surface area contributed by atoms with Crippen LogP contribution in [0.4, 0.5) is 5.69 Å². The Bertz CT molecular complexity index is 1380. The molecule has 2 saturated heterocycles. The van der Waals surface area contributed by atoms with Crippen molar-refractivity contribution in [2.24, 2.45) is 5.92 Å². The predicted molar refractivity (Wildman–Crippen MR) is 153 cm³/mol. The maximum atomic E-state index is 13.8. The lowest BCUT2D eigenvalue weighted by atomic mass is 10.0. The molecule has 0 spiro atoms. The van der Waals surface area contributed by atoms with Crippen LogP contribution in [0.15, 0.2) is 54.6 Å². The van der Waals surface area contributed by atoms with Gasteiger partial charge in [0.05, 0.1) is 17.5 Å². The monoisotopic (exact) mass is 546 g/mol. The van der Waals surface area contributed by atoms with E-state index in [2.05, 4.69) is 5.32 Å². The van der Waals surface area contributed by atoms with Crippen LogP contribution in [0.2, 0.25) is 0 Å². The van der Waals surface area contributed by atoms with Crippen molar-refractivity contribution in [2.45, 2.75) is 44.8 Å². The molecule has 3 amide bonds. The summed E-state index contributed by atoms with van der Waals surface area (Å²) in [6.45, 7) is 4.36. The van der Waals surface area contributed by atoms with Gasteiger partial charge in [-0.2, -0.15) is 0 Å². The van der Waals surface area contributed by atoms with E-state index in [1.807, 2.05) is 75.3 Å².